The Bertz CT molecular complexity index is 1340. The lowest BCUT2D eigenvalue weighted by atomic mass is 9.98. The van der Waals surface area contributed by atoms with E-state index in [1.165, 1.54) is 22.2 Å². The largest absolute Gasteiger partial charge is 0.456 e. The summed E-state index contributed by atoms with van der Waals surface area (Å²) in [5.74, 6) is 0.847. The third kappa shape index (κ3) is 5.64. The topological polar surface area (TPSA) is 44.1 Å². The lowest BCUT2D eigenvalue weighted by Crippen LogP contribution is -2.24. The van der Waals surface area contributed by atoms with Crippen LogP contribution in [0.2, 0.25) is 0 Å². The Labute approximate surface area is 209 Å². The number of esters is 1. The van der Waals surface area contributed by atoms with Crippen LogP contribution < -0.4 is 0 Å². The molecule has 0 aliphatic heterocycles. The summed E-state index contributed by atoms with van der Waals surface area (Å²) in [6.45, 7) is 13.0. The molecule has 4 rings (SSSR count). The molecule has 0 atom stereocenters. The Hall–Kier alpha value is -3.40. The number of aryl methyl sites for hydroxylation is 3. The Balaban J connectivity index is 1.65. The second kappa shape index (κ2) is 10.1. The van der Waals surface area contributed by atoms with Crippen molar-refractivity contribution in [2.75, 3.05) is 0 Å². The molecule has 4 heteroatoms. The molecule has 0 spiro atoms. The van der Waals surface area contributed by atoms with E-state index >= 15 is 0 Å². The lowest BCUT2D eigenvalue weighted by molar-refractivity contribution is 0.00704. The van der Waals surface area contributed by atoms with Gasteiger partial charge in [-0.25, -0.2) is 9.78 Å². The first kappa shape index (κ1) is 24.7. The van der Waals surface area contributed by atoms with Crippen LogP contribution in [0.5, 0.6) is 0 Å². The zero-order valence-corrected chi connectivity index (χ0v) is 21.8. The van der Waals surface area contributed by atoms with Crippen molar-refractivity contribution in [1.82, 2.24) is 9.55 Å². The first-order valence-electron chi connectivity index (χ1n) is 12.5. The summed E-state index contributed by atoms with van der Waals surface area (Å²) in [7, 11) is 0. The zero-order chi connectivity index (χ0) is 25.2. The molecule has 3 aromatic carbocycles. The molecule has 1 aromatic heterocycles. The van der Waals surface area contributed by atoms with Gasteiger partial charge >= 0.3 is 5.97 Å². The molecule has 182 valence electrons. The number of benzene rings is 3. The van der Waals surface area contributed by atoms with Crippen LogP contribution in [0.1, 0.15) is 73.4 Å². The Morgan fingerprint density at radius 1 is 0.971 bits per heavy atom. The fourth-order valence-corrected chi connectivity index (χ4v) is 4.35. The average molecular weight is 469 g/mol. The Kier molecular flexibility index (Phi) is 7.11. The molecule has 0 unspecified atom stereocenters. The Morgan fingerprint density at radius 2 is 1.66 bits per heavy atom. The van der Waals surface area contributed by atoms with E-state index in [1.54, 1.807) is 0 Å². The van der Waals surface area contributed by atoms with E-state index in [4.69, 9.17) is 9.72 Å². The Morgan fingerprint density at radius 3 is 2.34 bits per heavy atom. The molecule has 0 aliphatic rings. The molecule has 0 saturated carbocycles. The van der Waals surface area contributed by atoms with Gasteiger partial charge in [0.1, 0.15) is 11.4 Å². The number of fused-ring (bicyclic) bond motifs is 1. The van der Waals surface area contributed by atoms with E-state index in [1.807, 2.05) is 45.0 Å². The smallest absolute Gasteiger partial charge is 0.339 e. The first-order valence-corrected chi connectivity index (χ1v) is 12.5. The van der Waals surface area contributed by atoms with Crippen LogP contribution in [-0.4, -0.2) is 21.1 Å². The lowest BCUT2D eigenvalue weighted by Gasteiger charge is -2.20. The van der Waals surface area contributed by atoms with Gasteiger partial charge in [0.25, 0.3) is 0 Å². The van der Waals surface area contributed by atoms with E-state index in [9.17, 15) is 4.79 Å². The zero-order valence-electron chi connectivity index (χ0n) is 21.8. The number of hydrogen-bond donors (Lipinski definition) is 0. The molecule has 0 N–H and O–H groups in total. The van der Waals surface area contributed by atoms with Crippen LogP contribution in [0.15, 0.2) is 60.7 Å². The summed E-state index contributed by atoms with van der Waals surface area (Å²) in [6.07, 6.45) is 3.25. The van der Waals surface area contributed by atoms with Crippen molar-refractivity contribution in [2.45, 2.75) is 73.0 Å². The van der Waals surface area contributed by atoms with E-state index in [0.717, 1.165) is 48.3 Å². The highest BCUT2D eigenvalue weighted by molar-refractivity contribution is 5.97. The number of unbranched alkanes of at least 4 members (excludes halogenated alkanes) is 1. The third-order valence-electron chi connectivity index (χ3n) is 6.35. The minimum atomic E-state index is -0.534. The number of hydrogen-bond acceptors (Lipinski definition) is 3. The monoisotopic (exact) mass is 468 g/mol. The quantitative estimate of drug-likeness (QED) is 0.261. The van der Waals surface area contributed by atoms with Crippen LogP contribution in [0.4, 0.5) is 0 Å². The van der Waals surface area contributed by atoms with Gasteiger partial charge in [0.15, 0.2) is 0 Å². The fraction of sp³-hybridized carbons (Fsp3) is 0.355. The minimum Gasteiger partial charge on any atom is -0.456 e. The number of carbonyl (C=O) groups is 1. The predicted molar refractivity (Wildman–Crippen MR) is 144 cm³/mol. The summed E-state index contributed by atoms with van der Waals surface area (Å²) >= 11 is 0. The van der Waals surface area contributed by atoms with Crippen molar-refractivity contribution < 1.29 is 9.53 Å². The molecule has 35 heavy (non-hydrogen) atoms. The molecule has 0 saturated heterocycles. The van der Waals surface area contributed by atoms with Crippen molar-refractivity contribution in [3.63, 3.8) is 0 Å². The number of ether oxygens (including phenoxy) is 1. The number of imidazole rings is 1. The van der Waals surface area contributed by atoms with Crippen molar-refractivity contribution in [3.05, 3.63) is 88.7 Å². The van der Waals surface area contributed by atoms with E-state index in [0.29, 0.717) is 5.56 Å². The van der Waals surface area contributed by atoms with Gasteiger partial charge in [0.2, 0.25) is 0 Å². The maximum atomic E-state index is 12.8. The molecule has 4 nitrogen and oxygen atoms in total. The van der Waals surface area contributed by atoms with Gasteiger partial charge in [0, 0.05) is 13.0 Å². The van der Waals surface area contributed by atoms with Crippen LogP contribution >= 0.6 is 0 Å². The van der Waals surface area contributed by atoms with E-state index in [-0.39, 0.29) is 5.97 Å². The fourth-order valence-electron chi connectivity index (χ4n) is 4.35. The predicted octanol–water partition coefficient (Wildman–Crippen LogP) is 7.67. The van der Waals surface area contributed by atoms with Crippen LogP contribution in [-0.2, 0) is 17.7 Å². The van der Waals surface area contributed by atoms with Crippen molar-refractivity contribution >= 4 is 17.0 Å². The van der Waals surface area contributed by atoms with Crippen LogP contribution in [0, 0.1) is 13.8 Å². The summed E-state index contributed by atoms with van der Waals surface area (Å²) in [4.78, 5) is 17.8. The highest BCUT2D eigenvalue weighted by Gasteiger charge is 2.20. The average Bonchev–Trinajstić information content (AvgIpc) is 3.13. The third-order valence-corrected chi connectivity index (χ3v) is 6.35. The molecular formula is C31H36N2O2. The maximum absolute atomic E-state index is 12.8. The molecule has 0 aliphatic carbocycles. The number of nitrogens with zero attached hydrogens (tertiary/aromatic N) is 2. The summed E-state index contributed by atoms with van der Waals surface area (Å²) < 4.78 is 8.00. The molecule has 0 amide bonds. The van der Waals surface area contributed by atoms with Crippen molar-refractivity contribution in [2.24, 2.45) is 0 Å². The summed E-state index contributed by atoms with van der Waals surface area (Å²) in [5.41, 5.74) is 7.97. The van der Waals surface area contributed by atoms with E-state index in [2.05, 4.69) is 61.7 Å². The second-order valence-corrected chi connectivity index (χ2v) is 10.4. The molecule has 4 aromatic rings. The van der Waals surface area contributed by atoms with Gasteiger partial charge in [-0.3, -0.25) is 0 Å². The molecule has 0 bridgehead atoms. The van der Waals surface area contributed by atoms with Gasteiger partial charge in [-0.1, -0.05) is 55.8 Å². The highest BCUT2D eigenvalue weighted by Crippen LogP contribution is 2.27. The first-order chi connectivity index (χ1) is 16.7. The summed E-state index contributed by atoms with van der Waals surface area (Å²) in [5, 5.41) is 0. The van der Waals surface area contributed by atoms with Crippen molar-refractivity contribution in [1.29, 1.82) is 0 Å². The standard InChI is InChI=1S/C31H36N2O2/c1-7-8-13-29-32-27-18-21(2)22(3)19-28(27)33(29)20-23-14-16-24(17-15-23)25-11-9-10-12-26(25)30(34)35-31(4,5)6/h9-12,14-19H,7-8,13,20H2,1-6H3. The molecule has 0 fully saturated rings. The molecule has 0 radical (unpaired) electrons. The SMILES string of the molecule is CCCCc1nc2cc(C)c(C)cc2n1Cc1ccc(-c2ccccc2C(=O)OC(C)(C)C)cc1. The van der Waals surface area contributed by atoms with Gasteiger partial charge in [-0.05, 0) is 87.1 Å². The molecule has 1 heterocycles. The van der Waals surface area contributed by atoms with Gasteiger partial charge < -0.3 is 9.30 Å². The normalized spacial score (nSPS) is 11.7. The van der Waals surface area contributed by atoms with Crippen LogP contribution in [0.25, 0.3) is 22.2 Å². The maximum Gasteiger partial charge on any atom is 0.339 e. The van der Waals surface area contributed by atoms with Crippen molar-refractivity contribution in [3.8, 4) is 11.1 Å². The number of rotatable bonds is 7. The van der Waals surface area contributed by atoms with Gasteiger partial charge in [0.05, 0.1) is 16.6 Å². The minimum absolute atomic E-state index is 0.298. The van der Waals surface area contributed by atoms with Gasteiger partial charge in [-0.2, -0.15) is 0 Å². The van der Waals surface area contributed by atoms with E-state index < -0.39 is 5.60 Å². The van der Waals surface area contributed by atoms with Crippen LogP contribution in [0.3, 0.4) is 0 Å². The highest BCUT2D eigenvalue weighted by atomic mass is 16.6. The second-order valence-electron chi connectivity index (χ2n) is 10.4. The summed E-state index contributed by atoms with van der Waals surface area (Å²) in [6, 6.07) is 20.6. The number of aromatic nitrogens is 2. The number of carbonyl (C=O) groups excluding carboxylic acids is 1. The molecular weight excluding hydrogens is 432 g/mol. The van der Waals surface area contributed by atoms with Gasteiger partial charge in [-0.15, -0.1) is 0 Å².